The lowest BCUT2D eigenvalue weighted by atomic mass is 10.1. The summed E-state index contributed by atoms with van der Waals surface area (Å²) in [6.45, 7) is 9.20. The van der Waals surface area contributed by atoms with Gasteiger partial charge in [-0.2, -0.15) is 4.98 Å². The highest BCUT2D eigenvalue weighted by molar-refractivity contribution is 5.94. The Morgan fingerprint density at radius 3 is 2.33 bits per heavy atom. The van der Waals surface area contributed by atoms with Gasteiger partial charge in [-0.1, -0.05) is 25.1 Å². The molecule has 0 aliphatic rings. The number of rotatable bonds is 12. The molecule has 1 amide bonds. The number of aromatic nitrogens is 2. The van der Waals surface area contributed by atoms with E-state index in [0.29, 0.717) is 42.0 Å². The van der Waals surface area contributed by atoms with E-state index in [4.69, 9.17) is 18.7 Å². The van der Waals surface area contributed by atoms with E-state index >= 15 is 0 Å². The SMILES string of the molecule is CCCOc1ccc(C(C)NC(=O)c2ccc(OCc3noc(C)n3)cc2)cc1OCCC. The lowest BCUT2D eigenvalue weighted by Crippen LogP contribution is -2.26. The zero-order valence-electron chi connectivity index (χ0n) is 19.6. The van der Waals surface area contributed by atoms with Gasteiger partial charge in [-0.15, -0.1) is 0 Å². The van der Waals surface area contributed by atoms with Crippen molar-refractivity contribution in [3.05, 3.63) is 65.3 Å². The minimum Gasteiger partial charge on any atom is -0.490 e. The number of amides is 1. The van der Waals surface area contributed by atoms with Crippen molar-refractivity contribution >= 4 is 5.91 Å². The number of carbonyl (C=O) groups excluding carboxylic acids is 1. The summed E-state index contributed by atoms with van der Waals surface area (Å²) in [7, 11) is 0. The van der Waals surface area contributed by atoms with Gasteiger partial charge in [-0.25, -0.2) is 0 Å². The standard InChI is InChI=1S/C25H31N3O5/c1-5-13-30-22-12-9-20(15-23(22)31-14-6-2)17(3)26-25(29)19-7-10-21(11-8-19)32-16-24-27-18(4)33-28-24/h7-12,15,17H,5-6,13-14,16H2,1-4H3,(H,26,29). The lowest BCUT2D eigenvalue weighted by Gasteiger charge is -2.18. The second-order valence-corrected chi connectivity index (χ2v) is 7.64. The van der Waals surface area contributed by atoms with E-state index < -0.39 is 0 Å². The first-order valence-corrected chi connectivity index (χ1v) is 11.2. The summed E-state index contributed by atoms with van der Waals surface area (Å²) in [4.78, 5) is 16.8. The fourth-order valence-electron chi connectivity index (χ4n) is 3.06. The van der Waals surface area contributed by atoms with Gasteiger partial charge in [0.05, 0.1) is 19.3 Å². The number of ether oxygens (including phenoxy) is 3. The molecular weight excluding hydrogens is 422 g/mol. The molecule has 0 aliphatic carbocycles. The molecule has 3 aromatic rings. The van der Waals surface area contributed by atoms with Crippen LogP contribution in [-0.2, 0) is 6.61 Å². The van der Waals surface area contributed by atoms with Crippen LogP contribution in [0.3, 0.4) is 0 Å². The van der Waals surface area contributed by atoms with Crippen LogP contribution >= 0.6 is 0 Å². The quantitative estimate of drug-likeness (QED) is 0.411. The van der Waals surface area contributed by atoms with Crippen LogP contribution in [0.1, 0.15) is 67.3 Å². The highest BCUT2D eigenvalue weighted by Crippen LogP contribution is 2.31. The molecule has 0 saturated carbocycles. The van der Waals surface area contributed by atoms with E-state index in [2.05, 4.69) is 29.3 Å². The Morgan fingerprint density at radius 2 is 1.70 bits per heavy atom. The number of benzene rings is 2. The minimum absolute atomic E-state index is 0.176. The predicted molar refractivity (Wildman–Crippen MR) is 124 cm³/mol. The van der Waals surface area contributed by atoms with E-state index in [9.17, 15) is 4.79 Å². The van der Waals surface area contributed by atoms with Crippen LogP contribution in [0.25, 0.3) is 0 Å². The summed E-state index contributed by atoms with van der Waals surface area (Å²) < 4.78 is 22.2. The molecule has 176 valence electrons. The van der Waals surface area contributed by atoms with Crippen molar-refractivity contribution in [2.24, 2.45) is 0 Å². The van der Waals surface area contributed by atoms with Gasteiger partial charge in [-0.3, -0.25) is 4.79 Å². The fraction of sp³-hybridized carbons (Fsp3) is 0.400. The second kappa shape index (κ2) is 11.9. The molecule has 0 bridgehead atoms. The Hall–Kier alpha value is -3.55. The van der Waals surface area contributed by atoms with Crippen molar-refractivity contribution in [3.8, 4) is 17.2 Å². The largest absolute Gasteiger partial charge is 0.490 e. The van der Waals surface area contributed by atoms with Crippen LogP contribution in [0, 0.1) is 6.92 Å². The van der Waals surface area contributed by atoms with Crippen molar-refractivity contribution in [3.63, 3.8) is 0 Å². The highest BCUT2D eigenvalue weighted by atomic mass is 16.5. The molecule has 8 nitrogen and oxygen atoms in total. The minimum atomic E-state index is -0.209. The van der Waals surface area contributed by atoms with Gasteiger partial charge in [-0.05, 0) is 61.7 Å². The topological polar surface area (TPSA) is 95.7 Å². The summed E-state index contributed by atoms with van der Waals surface area (Å²) >= 11 is 0. The van der Waals surface area contributed by atoms with Crippen molar-refractivity contribution < 1.29 is 23.5 Å². The molecular formula is C25H31N3O5. The van der Waals surface area contributed by atoms with Crippen molar-refractivity contribution in [1.29, 1.82) is 0 Å². The van der Waals surface area contributed by atoms with Gasteiger partial charge >= 0.3 is 0 Å². The number of hydrogen-bond donors (Lipinski definition) is 1. The first kappa shape index (κ1) is 24.1. The molecule has 33 heavy (non-hydrogen) atoms. The summed E-state index contributed by atoms with van der Waals surface area (Å²) in [6.07, 6.45) is 1.82. The highest BCUT2D eigenvalue weighted by Gasteiger charge is 2.15. The van der Waals surface area contributed by atoms with Crippen molar-refractivity contribution in [1.82, 2.24) is 15.5 Å². The van der Waals surface area contributed by atoms with Gasteiger partial charge in [0, 0.05) is 12.5 Å². The van der Waals surface area contributed by atoms with Gasteiger partial charge in [0.15, 0.2) is 18.1 Å². The molecule has 8 heteroatoms. The second-order valence-electron chi connectivity index (χ2n) is 7.64. The molecule has 1 aromatic heterocycles. The number of nitrogens with one attached hydrogen (secondary N) is 1. The average molecular weight is 454 g/mol. The van der Waals surface area contributed by atoms with Crippen LogP contribution in [0.4, 0.5) is 0 Å². The molecule has 3 rings (SSSR count). The van der Waals surface area contributed by atoms with Crippen LogP contribution in [0.2, 0.25) is 0 Å². The Bertz CT molecular complexity index is 1030. The van der Waals surface area contributed by atoms with Crippen molar-refractivity contribution in [2.75, 3.05) is 13.2 Å². The lowest BCUT2D eigenvalue weighted by molar-refractivity contribution is 0.0939. The van der Waals surface area contributed by atoms with Gasteiger partial charge in [0.2, 0.25) is 11.7 Å². The third kappa shape index (κ3) is 6.97. The summed E-state index contributed by atoms with van der Waals surface area (Å²) in [5.74, 6) is 2.81. The molecule has 0 spiro atoms. The first-order chi connectivity index (χ1) is 16.0. The number of nitrogens with zero attached hydrogens (tertiary/aromatic N) is 2. The van der Waals surface area contributed by atoms with Crippen LogP contribution in [0.15, 0.2) is 47.0 Å². The van der Waals surface area contributed by atoms with E-state index in [1.807, 2.05) is 25.1 Å². The van der Waals surface area contributed by atoms with Gasteiger partial charge < -0.3 is 24.1 Å². The van der Waals surface area contributed by atoms with Gasteiger partial charge in [0.1, 0.15) is 5.75 Å². The Balaban J connectivity index is 1.60. The van der Waals surface area contributed by atoms with Crippen LogP contribution in [-0.4, -0.2) is 29.3 Å². The summed E-state index contributed by atoms with van der Waals surface area (Å²) in [6, 6.07) is 12.5. The molecule has 1 N–H and O–H groups in total. The van der Waals surface area contributed by atoms with E-state index in [-0.39, 0.29) is 18.6 Å². The Morgan fingerprint density at radius 1 is 1.00 bits per heavy atom. The zero-order valence-corrected chi connectivity index (χ0v) is 19.6. The molecule has 1 unspecified atom stereocenters. The molecule has 0 saturated heterocycles. The molecule has 0 aliphatic heterocycles. The predicted octanol–water partition coefficient (Wildman–Crippen LogP) is 5.03. The Labute approximate surface area is 194 Å². The van der Waals surface area contributed by atoms with E-state index in [0.717, 1.165) is 24.2 Å². The zero-order chi connectivity index (χ0) is 23.6. The number of aryl methyl sites for hydroxylation is 1. The maximum Gasteiger partial charge on any atom is 0.251 e. The summed E-state index contributed by atoms with van der Waals surface area (Å²) in [5, 5.41) is 6.82. The molecule has 0 radical (unpaired) electrons. The number of hydrogen-bond acceptors (Lipinski definition) is 7. The van der Waals surface area contributed by atoms with E-state index in [1.54, 1.807) is 31.2 Å². The normalized spacial score (nSPS) is 11.6. The third-order valence-corrected chi connectivity index (χ3v) is 4.79. The molecule has 0 fully saturated rings. The van der Waals surface area contributed by atoms with Crippen LogP contribution in [0.5, 0.6) is 17.2 Å². The summed E-state index contributed by atoms with van der Waals surface area (Å²) in [5.41, 5.74) is 1.48. The van der Waals surface area contributed by atoms with Crippen molar-refractivity contribution in [2.45, 2.75) is 53.2 Å². The monoisotopic (exact) mass is 453 g/mol. The van der Waals surface area contributed by atoms with Crippen LogP contribution < -0.4 is 19.5 Å². The number of carbonyl (C=O) groups is 1. The third-order valence-electron chi connectivity index (χ3n) is 4.79. The maximum atomic E-state index is 12.7. The molecule has 1 atom stereocenters. The van der Waals surface area contributed by atoms with E-state index in [1.165, 1.54) is 0 Å². The van der Waals surface area contributed by atoms with Gasteiger partial charge in [0.25, 0.3) is 5.91 Å². The Kier molecular flexibility index (Phi) is 8.69. The maximum absolute atomic E-state index is 12.7. The molecule has 2 aromatic carbocycles. The smallest absolute Gasteiger partial charge is 0.251 e. The fourth-order valence-corrected chi connectivity index (χ4v) is 3.06. The molecule has 1 heterocycles. The average Bonchev–Trinajstić information content (AvgIpc) is 3.25. The first-order valence-electron chi connectivity index (χ1n) is 11.2.